The molecular weight excluding hydrogens is 398 g/mol. The first-order valence-corrected chi connectivity index (χ1v) is 9.56. The molecule has 4 aromatic rings. The number of para-hydroxylation sites is 2. The minimum atomic E-state index is -0.727. The van der Waals surface area contributed by atoms with Gasteiger partial charge in [0.15, 0.2) is 17.3 Å². The Balaban J connectivity index is 1.19. The topological polar surface area (TPSA) is 100 Å². The Kier molecular flexibility index (Phi) is 4.89. The molecule has 0 saturated carbocycles. The van der Waals surface area contributed by atoms with E-state index in [0.717, 1.165) is 0 Å². The van der Waals surface area contributed by atoms with E-state index in [4.69, 9.17) is 14.2 Å². The van der Waals surface area contributed by atoms with Crippen LogP contribution in [0.1, 0.15) is 0 Å². The van der Waals surface area contributed by atoms with Crippen LogP contribution in [0.3, 0.4) is 0 Å². The van der Waals surface area contributed by atoms with Crippen molar-refractivity contribution in [3.05, 3.63) is 79.1 Å². The largest absolute Gasteiger partial charge is 0.485 e. The van der Waals surface area contributed by atoms with Crippen LogP contribution >= 0.6 is 0 Å². The second-order valence-corrected chi connectivity index (χ2v) is 6.66. The van der Waals surface area contributed by atoms with Crippen LogP contribution in [-0.4, -0.2) is 38.6 Å². The van der Waals surface area contributed by atoms with E-state index in [2.05, 4.69) is 20.6 Å². The molecule has 2 aromatic carbocycles. The molecule has 3 heterocycles. The van der Waals surface area contributed by atoms with Crippen molar-refractivity contribution < 1.29 is 19.0 Å². The number of benzene rings is 2. The summed E-state index contributed by atoms with van der Waals surface area (Å²) >= 11 is 0. The third-order valence-electron chi connectivity index (χ3n) is 4.51. The van der Waals surface area contributed by atoms with Gasteiger partial charge in [-0.2, -0.15) is 5.10 Å². The summed E-state index contributed by atoms with van der Waals surface area (Å²) < 4.78 is 18.6. The lowest BCUT2D eigenvalue weighted by Crippen LogP contribution is -2.40. The van der Waals surface area contributed by atoms with Crippen molar-refractivity contribution >= 4 is 11.6 Å². The Bertz CT molecular complexity index is 1180. The molecule has 1 aliphatic heterocycles. The third kappa shape index (κ3) is 4.15. The van der Waals surface area contributed by atoms with E-state index in [-0.39, 0.29) is 12.5 Å². The number of fused-ring (bicyclic) bond motifs is 1. The number of hydrogen-bond acceptors (Lipinski definition) is 7. The van der Waals surface area contributed by atoms with E-state index in [1.54, 1.807) is 71.7 Å². The lowest BCUT2D eigenvalue weighted by atomic mass is 10.2. The lowest BCUT2D eigenvalue weighted by Gasteiger charge is -2.25. The predicted molar refractivity (Wildman–Crippen MR) is 111 cm³/mol. The molecule has 1 atom stereocenters. The summed E-state index contributed by atoms with van der Waals surface area (Å²) in [6.07, 6.45) is 2.72. The zero-order chi connectivity index (χ0) is 21.0. The fourth-order valence-electron chi connectivity index (χ4n) is 2.99. The molecule has 0 aliphatic carbocycles. The molecule has 1 aliphatic rings. The first-order chi connectivity index (χ1) is 15.2. The summed E-state index contributed by atoms with van der Waals surface area (Å²) in [6.45, 7) is 0.150. The van der Waals surface area contributed by atoms with Crippen LogP contribution in [0.4, 0.5) is 5.69 Å². The van der Waals surface area contributed by atoms with Crippen molar-refractivity contribution in [3.63, 3.8) is 0 Å². The van der Waals surface area contributed by atoms with Gasteiger partial charge < -0.3 is 19.5 Å². The van der Waals surface area contributed by atoms with E-state index >= 15 is 0 Å². The second kappa shape index (κ2) is 8.15. The lowest BCUT2D eigenvalue weighted by molar-refractivity contribution is -0.125. The number of ether oxygens (including phenoxy) is 3. The molecule has 1 amide bonds. The molecule has 1 unspecified atom stereocenters. The van der Waals surface area contributed by atoms with Crippen LogP contribution in [0.25, 0.3) is 5.82 Å². The molecule has 154 valence electrons. The van der Waals surface area contributed by atoms with Crippen molar-refractivity contribution in [2.45, 2.75) is 6.10 Å². The van der Waals surface area contributed by atoms with Crippen molar-refractivity contribution in [3.8, 4) is 28.9 Å². The maximum atomic E-state index is 12.5. The van der Waals surface area contributed by atoms with Gasteiger partial charge in [0.1, 0.15) is 12.4 Å². The number of rotatable bonds is 5. The fourth-order valence-corrected chi connectivity index (χ4v) is 2.99. The number of hydrogen-bond donors (Lipinski definition) is 1. The molecule has 1 N–H and O–H groups in total. The Hall–Kier alpha value is -4.40. The Morgan fingerprint density at radius 1 is 1.00 bits per heavy atom. The summed E-state index contributed by atoms with van der Waals surface area (Å²) in [7, 11) is 0. The molecule has 9 nitrogen and oxygen atoms in total. The standard InChI is InChI=1S/C22H17N5O4/c28-22(19-14-29-17-4-1-2-5-18(17)31-19)24-15-6-8-16(9-7-15)30-21-11-10-20(25-26-21)27-13-3-12-23-27/h1-13,19H,14H2,(H,24,28). The summed E-state index contributed by atoms with van der Waals surface area (Å²) in [5.41, 5.74) is 0.611. The SMILES string of the molecule is O=C(Nc1ccc(Oc2ccc(-n3cccn3)nn2)cc1)C1COc2ccccc2O1. The van der Waals surface area contributed by atoms with Crippen molar-refractivity contribution in [2.24, 2.45) is 0 Å². The fraction of sp³-hybridized carbons (Fsp3) is 0.0909. The van der Waals surface area contributed by atoms with Gasteiger partial charge in [-0.1, -0.05) is 12.1 Å². The van der Waals surface area contributed by atoms with Crippen LogP contribution in [0.15, 0.2) is 79.1 Å². The Morgan fingerprint density at radius 3 is 2.58 bits per heavy atom. The monoisotopic (exact) mass is 415 g/mol. The highest BCUT2D eigenvalue weighted by Gasteiger charge is 2.27. The van der Waals surface area contributed by atoms with Crippen LogP contribution in [-0.2, 0) is 4.79 Å². The summed E-state index contributed by atoms with van der Waals surface area (Å²) in [5, 5.41) is 15.1. The maximum absolute atomic E-state index is 12.5. The molecule has 2 aromatic heterocycles. The quantitative estimate of drug-likeness (QED) is 0.534. The van der Waals surface area contributed by atoms with Crippen LogP contribution < -0.4 is 19.5 Å². The van der Waals surface area contributed by atoms with Gasteiger partial charge in [0.25, 0.3) is 5.91 Å². The van der Waals surface area contributed by atoms with Crippen LogP contribution in [0.2, 0.25) is 0 Å². The number of carbonyl (C=O) groups excluding carboxylic acids is 1. The summed E-state index contributed by atoms with van der Waals surface area (Å²) in [6, 6.07) is 19.4. The molecule has 0 saturated heterocycles. The molecule has 5 rings (SSSR count). The van der Waals surface area contributed by atoms with E-state index in [9.17, 15) is 4.79 Å². The zero-order valence-electron chi connectivity index (χ0n) is 16.2. The van der Waals surface area contributed by atoms with Crippen molar-refractivity contribution in [2.75, 3.05) is 11.9 Å². The first kappa shape index (κ1) is 18.6. The second-order valence-electron chi connectivity index (χ2n) is 6.66. The summed E-state index contributed by atoms with van der Waals surface area (Å²) in [5.74, 6) is 2.39. The van der Waals surface area contributed by atoms with Gasteiger partial charge in [0.2, 0.25) is 12.0 Å². The molecule has 31 heavy (non-hydrogen) atoms. The first-order valence-electron chi connectivity index (χ1n) is 9.56. The molecule has 9 heteroatoms. The maximum Gasteiger partial charge on any atom is 0.269 e. The number of amides is 1. The number of carbonyl (C=O) groups is 1. The van der Waals surface area contributed by atoms with Gasteiger partial charge in [0.05, 0.1) is 0 Å². The minimum Gasteiger partial charge on any atom is -0.485 e. The molecule has 0 fully saturated rings. The molecule has 0 radical (unpaired) electrons. The minimum absolute atomic E-state index is 0.150. The van der Waals surface area contributed by atoms with Gasteiger partial charge in [-0.3, -0.25) is 4.79 Å². The van der Waals surface area contributed by atoms with Crippen LogP contribution in [0.5, 0.6) is 23.1 Å². The van der Waals surface area contributed by atoms with E-state index in [1.165, 1.54) is 0 Å². The van der Waals surface area contributed by atoms with Gasteiger partial charge in [0, 0.05) is 24.1 Å². The zero-order valence-corrected chi connectivity index (χ0v) is 16.2. The predicted octanol–water partition coefficient (Wildman–Crippen LogP) is 3.23. The van der Waals surface area contributed by atoms with E-state index in [0.29, 0.717) is 34.6 Å². The number of nitrogens with zero attached hydrogens (tertiary/aromatic N) is 4. The Labute approximate surface area is 177 Å². The van der Waals surface area contributed by atoms with Gasteiger partial charge in [-0.05, 0) is 48.5 Å². The van der Waals surface area contributed by atoms with Crippen molar-refractivity contribution in [1.82, 2.24) is 20.0 Å². The van der Waals surface area contributed by atoms with E-state index < -0.39 is 6.10 Å². The smallest absolute Gasteiger partial charge is 0.269 e. The average Bonchev–Trinajstić information content (AvgIpc) is 3.35. The van der Waals surface area contributed by atoms with Crippen molar-refractivity contribution in [1.29, 1.82) is 0 Å². The highest BCUT2D eigenvalue weighted by Crippen LogP contribution is 2.31. The van der Waals surface area contributed by atoms with Crippen LogP contribution in [0, 0.1) is 0 Å². The normalized spacial score (nSPS) is 14.6. The molecular formula is C22H17N5O4. The summed E-state index contributed by atoms with van der Waals surface area (Å²) in [4.78, 5) is 12.5. The highest BCUT2D eigenvalue weighted by molar-refractivity contribution is 5.94. The Morgan fingerprint density at radius 2 is 1.84 bits per heavy atom. The molecule has 0 bridgehead atoms. The third-order valence-corrected chi connectivity index (χ3v) is 4.51. The number of nitrogens with one attached hydrogen (secondary N) is 1. The number of anilines is 1. The van der Waals surface area contributed by atoms with E-state index in [1.807, 2.05) is 12.1 Å². The van der Waals surface area contributed by atoms with Gasteiger partial charge >= 0.3 is 0 Å². The average molecular weight is 415 g/mol. The van der Waals surface area contributed by atoms with Gasteiger partial charge in [-0.25, -0.2) is 4.68 Å². The highest BCUT2D eigenvalue weighted by atomic mass is 16.6. The van der Waals surface area contributed by atoms with Gasteiger partial charge in [-0.15, -0.1) is 10.2 Å². The molecule has 0 spiro atoms. The number of aromatic nitrogens is 4.